The summed E-state index contributed by atoms with van der Waals surface area (Å²) >= 11 is 0. The minimum absolute atomic E-state index is 0. The fourth-order valence-corrected chi connectivity index (χ4v) is 3.31. The molecule has 146 valence electrons. The van der Waals surface area contributed by atoms with E-state index in [1.807, 2.05) is 36.3 Å². The number of halogens is 1. The number of carbonyl (C=O) groups is 2. The SMILES string of the molecule is CNC(C(=O)N1CCC(NC(=O)c2ccccc2)CC1)c1cnn(C)c1.Cl. The van der Waals surface area contributed by atoms with E-state index < -0.39 is 0 Å². The van der Waals surface area contributed by atoms with Gasteiger partial charge in [0.15, 0.2) is 0 Å². The summed E-state index contributed by atoms with van der Waals surface area (Å²) in [4.78, 5) is 26.9. The molecule has 2 amide bonds. The van der Waals surface area contributed by atoms with Crippen LogP contribution in [0.3, 0.4) is 0 Å². The van der Waals surface area contributed by atoms with Gasteiger partial charge in [-0.05, 0) is 32.0 Å². The smallest absolute Gasteiger partial charge is 0.251 e. The van der Waals surface area contributed by atoms with Crippen LogP contribution in [0.25, 0.3) is 0 Å². The lowest BCUT2D eigenvalue weighted by molar-refractivity contribution is -0.134. The molecule has 0 saturated carbocycles. The van der Waals surface area contributed by atoms with E-state index in [1.54, 1.807) is 30.1 Å². The monoisotopic (exact) mass is 391 g/mol. The molecule has 0 spiro atoms. The highest BCUT2D eigenvalue weighted by Crippen LogP contribution is 2.19. The molecule has 3 rings (SSSR count). The second-order valence-electron chi connectivity index (χ2n) is 6.61. The van der Waals surface area contributed by atoms with Crippen LogP contribution in [0.1, 0.15) is 34.8 Å². The first-order valence-electron chi connectivity index (χ1n) is 8.89. The average molecular weight is 392 g/mol. The van der Waals surface area contributed by atoms with Crippen LogP contribution in [-0.4, -0.2) is 52.7 Å². The number of aryl methyl sites for hydroxylation is 1. The van der Waals surface area contributed by atoms with Gasteiger partial charge in [-0.2, -0.15) is 5.10 Å². The van der Waals surface area contributed by atoms with Gasteiger partial charge in [0.25, 0.3) is 5.91 Å². The number of benzene rings is 1. The Morgan fingerprint density at radius 3 is 2.41 bits per heavy atom. The molecule has 27 heavy (non-hydrogen) atoms. The normalized spacial score (nSPS) is 15.7. The summed E-state index contributed by atoms with van der Waals surface area (Å²) < 4.78 is 1.69. The number of aromatic nitrogens is 2. The van der Waals surface area contributed by atoms with Gasteiger partial charge in [-0.15, -0.1) is 12.4 Å². The molecule has 1 aliphatic heterocycles. The third kappa shape index (κ3) is 5.08. The lowest BCUT2D eigenvalue weighted by atomic mass is 10.0. The highest BCUT2D eigenvalue weighted by atomic mass is 35.5. The van der Waals surface area contributed by atoms with Crippen LogP contribution in [0.15, 0.2) is 42.7 Å². The number of piperidine rings is 1. The van der Waals surface area contributed by atoms with Crippen molar-refractivity contribution in [3.05, 3.63) is 53.9 Å². The number of likely N-dealkylation sites (tertiary alicyclic amines) is 1. The molecule has 1 atom stereocenters. The summed E-state index contributed by atoms with van der Waals surface area (Å²) in [5.41, 5.74) is 1.53. The van der Waals surface area contributed by atoms with E-state index in [9.17, 15) is 9.59 Å². The third-order valence-electron chi connectivity index (χ3n) is 4.77. The highest BCUT2D eigenvalue weighted by molar-refractivity contribution is 5.94. The summed E-state index contributed by atoms with van der Waals surface area (Å²) in [5.74, 6) is -0.00725. The van der Waals surface area contributed by atoms with E-state index in [0.717, 1.165) is 18.4 Å². The van der Waals surface area contributed by atoms with Crippen molar-refractivity contribution in [2.24, 2.45) is 7.05 Å². The topological polar surface area (TPSA) is 79.3 Å². The van der Waals surface area contributed by atoms with Gasteiger partial charge in [0.05, 0.1) is 6.20 Å². The third-order valence-corrected chi connectivity index (χ3v) is 4.77. The average Bonchev–Trinajstić information content (AvgIpc) is 3.09. The molecule has 2 heterocycles. The van der Waals surface area contributed by atoms with Crippen molar-refractivity contribution in [3.8, 4) is 0 Å². The number of hydrogen-bond donors (Lipinski definition) is 2. The Hall–Kier alpha value is -2.38. The fourth-order valence-electron chi connectivity index (χ4n) is 3.31. The predicted molar refractivity (Wildman–Crippen MR) is 106 cm³/mol. The van der Waals surface area contributed by atoms with Crippen LogP contribution in [-0.2, 0) is 11.8 Å². The zero-order chi connectivity index (χ0) is 18.5. The number of amides is 2. The molecule has 1 unspecified atom stereocenters. The molecular weight excluding hydrogens is 366 g/mol. The van der Waals surface area contributed by atoms with Crippen molar-refractivity contribution < 1.29 is 9.59 Å². The molecule has 0 aliphatic carbocycles. The van der Waals surface area contributed by atoms with Crippen LogP contribution in [0, 0.1) is 0 Å². The number of rotatable bonds is 5. The first-order valence-corrected chi connectivity index (χ1v) is 8.89. The molecule has 2 N–H and O–H groups in total. The van der Waals surface area contributed by atoms with E-state index in [-0.39, 0.29) is 36.3 Å². The highest BCUT2D eigenvalue weighted by Gasteiger charge is 2.29. The maximum atomic E-state index is 12.8. The summed E-state index contributed by atoms with van der Waals surface area (Å²) in [6.45, 7) is 1.27. The number of hydrogen-bond acceptors (Lipinski definition) is 4. The molecule has 2 aromatic rings. The minimum Gasteiger partial charge on any atom is -0.349 e. The van der Waals surface area contributed by atoms with Crippen LogP contribution < -0.4 is 10.6 Å². The van der Waals surface area contributed by atoms with Gasteiger partial charge in [0, 0.05) is 43.5 Å². The molecular formula is C19H26ClN5O2. The van der Waals surface area contributed by atoms with Crippen LogP contribution in [0.2, 0.25) is 0 Å². The second-order valence-corrected chi connectivity index (χ2v) is 6.61. The number of nitrogens with zero attached hydrogens (tertiary/aromatic N) is 3. The quantitative estimate of drug-likeness (QED) is 0.810. The van der Waals surface area contributed by atoms with E-state index in [4.69, 9.17) is 0 Å². The van der Waals surface area contributed by atoms with Crippen molar-refractivity contribution in [2.75, 3.05) is 20.1 Å². The standard InChI is InChI=1S/C19H25N5O2.ClH/c1-20-17(15-12-21-23(2)13-15)19(26)24-10-8-16(9-11-24)22-18(25)14-6-4-3-5-7-14;/h3-7,12-13,16-17,20H,8-11H2,1-2H3,(H,22,25);1H. The van der Waals surface area contributed by atoms with Crippen LogP contribution in [0.5, 0.6) is 0 Å². The first-order chi connectivity index (χ1) is 12.6. The molecule has 1 saturated heterocycles. The van der Waals surface area contributed by atoms with E-state index in [2.05, 4.69) is 15.7 Å². The molecule has 0 radical (unpaired) electrons. The first kappa shape index (κ1) is 20.9. The molecule has 0 bridgehead atoms. The van der Waals surface area contributed by atoms with Gasteiger partial charge in [0.1, 0.15) is 6.04 Å². The Bertz CT molecular complexity index is 756. The Labute approximate surface area is 165 Å². The second kappa shape index (κ2) is 9.53. The predicted octanol–water partition coefficient (Wildman–Crippen LogP) is 1.52. The van der Waals surface area contributed by atoms with E-state index >= 15 is 0 Å². The number of carbonyl (C=O) groups excluding carboxylic acids is 2. The van der Waals surface area contributed by atoms with Crippen molar-refractivity contribution in [2.45, 2.75) is 24.9 Å². The summed E-state index contributed by atoms with van der Waals surface area (Å²) in [5, 5.41) is 10.3. The largest absolute Gasteiger partial charge is 0.349 e. The minimum atomic E-state index is -0.390. The van der Waals surface area contributed by atoms with E-state index in [0.29, 0.717) is 18.7 Å². The maximum absolute atomic E-state index is 12.8. The molecule has 7 nitrogen and oxygen atoms in total. The Morgan fingerprint density at radius 2 is 1.85 bits per heavy atom. The molecule has 8 heteroatoms. The van der Waals surface area contributed by atoms with Gasteiger partial charge < -0.3 is 15.5 Å². The maximum Gasteiger partial charge on any atom is 0.251 e. The van der Waals surface area contributed by atoms with Crippen molar-refractivity contribution >= 4 is 24.2 Å². The number of likely N-dealkylation sites (N-methyl/N-ethyl adjacent to an activating group) is 1. The number of nitrogens with one attached hydrogen (secondary N) is 2. The van der Waals surface area contributed by atoms with Crippen molar-refractivity contribution in [1.82, 2.24) is 25.3 Å². The zero-order valence-corrected chi connectivity index (χ0v) is 16.4. The zero-order valence-electron chi connectivity index (χ0n) is 15.6. The van der Waals surface area contributed by atoms with Gasteiger partial charge in [0.2, 0.25) is 5.91 Å². The summed E-state index contributed by atoms with van der Waals surface area (Å²) in [7, 11) is 3.62. The Morgan fingerprint density at radius 1 is 1.19 bits per heavy atom. The van der Waals surface area contributed by atoms with Crippen molar-refractivity contribution in [1.29, 1.82) is 0 Å². The summed E-state index contributed by atoms with van der Waals surface area (Å²) in [6.07, 6.45) is 5.08. The summed E-state index contributed by atoms with van der Waals surface area (Å²) in [6, 6.07) is 8.91. The van der Waals surface area contributed by atoms with Gasteiger partial charge in [-0.1, -0.05) is 18.2 Å². The van der Waals surface area contributed by atoms with Gasteiger partial charge in [-0.3, -0.25) is 14.3 Å². The van der Waals surface area contributed by atoms with E-state index in [1.165, 1.54) is 0 Å². The van der Waals surface area contributed by atoms with Gasteiger partial charge in [-0.25, -0.2) is 0 Å². The van der Waals surface area contributed by atoms with Gasteiger partial charge >= 0.3 is 0 Å². The molecule has 1 aliphatic rings. The lowest BCUT2D eigenvalue weighted by Gasteiger charge is -2.34. The lowest BCUT2D eigenvalue weighted by Crippen LogP contribution is -2.49. The van der Waals surface area contributed by atoms with Crippen LogP contribution >= 0.6 is 12.4 Å². The Kier molecular flexibility index (Phi) is 7.38. The molecule has 1 aromatic heterocycles. The molecule has 1 fully saturated rings. The fraction of sp³-hybridized carbons (Fsp3) is 0.421. The van der Waals surface area contributed by atoms with Crippen LogP contribution in [0.4, 0.5) is 0 Å². The Balaban J connectivity index is 0.00000261. The van der Waals surface area contributed by atoms with Crippen molar-refractivity contribution in [3.63, 3.8) is 0 Å². The molecule has 1 aromatic carbocycles.